The molecule has 3 N–H and O–H groups in total. The summed E-state index contributed by atoms with van der Waals surface area (Å²) < 4.78 is 31.0. The number of rotatable bonds is 15. The molecule has 0 saturated heterocycles. The maximum absolute atomic E-state index is 12.9. The molecule has 9 heteroatoms. The van der Waals surface area contributed by atoms with Crippen LogP contribution in [0, 0.1) is 5.92 Å². The van der Waals surface area contributed by atoms with Crippen molar-refractivity contribution in [2.45, 2.75) is 35.7 Å². The van der Waals surface area contributed by atoms with Gasteiger partial charge in [0.2, 0.25) is 0 Å². The lowest BCUT2D eigenvalue weighted by Crippen LogP contribution is -2.53. The highest BCUT2D eigenvalue weighted by molar-refractivity contribution is 7.86. The monoisotopic (exact) mass is 637 g/mol. The lowest BCUT2D eigenvalue weighted by atomic mass is 9.76. The molecule has 0 heterocycles. The van der Waals surface area contributed by atoms with Crippen LogP contribution < -0.4 is 5.32 Å². The third-order valence-electron chi connectivity index (χ3n) is 8.12. The van der Waals surface area contributed by atoms with E-state index in [9.17, 15) is 28.2 Å². The number of carbonyl (C=O) groups is 2. The molecule has 8 nitrogen and oxygen atoms in total. The highest BCUT2D eigenvalue weighted by Crippen LogP contribution is 2.38. The van der Waals surface area contributed by atoms with Gasteiger partial charge in [0.05, 0.1) is 23.0 Å². The van der Waals surface area contributed by atoms with Gasteiger partial charge in [-0.15, -0.1) is 0 Å². The van der Waals surface area contributed by atoms with Gasteiger partial charge >= 0.3 is 11.9 Å². The summed E-state index contributed by atoms with van der Waals surface area (Å²) in [7, 11) is -4.08. The van der Waals surface area contributed by atoms with E-state index in [2.05, 4.69) is 5.32 Å². The first kappa shape index (κ1) is 32.6. The van der Waals surface area contributed by atoms with Crippen LogP contribution in [0.3, 0.4) is 0 Å². The molecule has 0 aromatic heterocycles. The predicted octanol–water partition coefficient (Wildman–Crippen LogP) is 6.45. The molecule has 236 valence electrons. The second-order valence-corrected chi connectivity index (χ2v) is 12.7. The fourth-order valence-corrected chi connectivity index (χ4v) is 6.79. The zero-order chi connectivity index (χ0) is 32.6. The first-order chi connectivity index (χ1) is 22.2. The fraction of sp³-hybridized carbons (Fsp3) is 0.189. The summed E-state index contributed by atoms with van der Waals surface area (Å²) in [6.45, 7) is -0.244. The van der Waals surface area contributed by atoms with E-state index in [0.29, 0.717) is 0 Å². The molecule has 5 aromatic rings. The molecule has 5 rings (SSSR count). The minimum Gasteiger partial charge on any atom is -0.481 e. The number of fused-ring (bicyclic) bond motifs is 1. The smallest absolute Gasteiger partial charge is 0.320 e. The van der Waals surface area contributed by atoms with Crippen molar-refractivity contribution >= 4 is 32.8 Å². The maximum Gasteiger partial charge on any atom is 0.320 e. The molecule has 2 atom stereocenters. The maximum atomic E-state index is 12.9. The van der Waals surface area contributed by atoms with Crippen molar-refractivity contribution < 1.29 is 32.4 Å². The van der Waals surface area contributed by atoms with Crippen LogP contribution in [0.4, 0.5) is 0 Å². The molecule has 0 saturated carbocycles. The van der Waals surface area contributed by atoms with Crippen molar-refractivity contribution in [1.82, 2.24) is 5.32 Å². The highest BCUT2D eigenvalue weighted by Gasteiger charge is 2.41. The van der Waals surface area contributed by atoms with Crippen LogP contribution >= 0.6 is 0 Å². The standard InChI is InChI=1S/C37H35NO7S/c39-35(40)29(15-12-24-45-46(43,44)33-23-22-27-13-10-11-14-28(27)25-33)26-34(36(41)42)38-37(30-16-4-1-5-17-30,31-18-6-2-7-19-31)32-20-8-3-9-21-32/h1-11,13-14,16-23,25,29,34,38H,12,15,24,26H2,(H,39,40)(H,41,42)/t29-,34+/m1/s1. The SMILES string of the molecule is O=C(O)[C@H](CCCOS(=O)(=O)c1ccc2ccccc2c1)C[C@H](NC(c1ccccc1)(c1ccccc1)c1ccccc1)C(=O)O. The van der Waals surface area contributed by atoms with Crippen LogP contribution in [-0.4, -0.2) is 43.2 Å². The van der Waals surface area contributed by atoms with E-state index in [1.165, 1.54) is 12.1 Å². The van der Waals surface area contributed by atoms with E-state index < -0.39 is 39.6 Å². The van der Waals surface area contributed by atoms with Gasteiger partial charge < -0.3 is 10.2 Å². The Bertz CT molecular complexity index is 1780. The first-order valence-corrected chi connectivity index (χ1v) is 16.4. The number of benzene rings is 5. The molecule has 0 aliphatic rings. The quantitative estimate of drug-likeness (QED) is 0.0679. The van der Waals surface area contributed by atoms with Gasteiger partial charge in [-0.1, -0.05) is 121 Å². The second-order valence-electron chi connectivity index (χ2n) is 11.1. The van der Waals surface area contributed by atoms with Gasteiger partial charge in [-0.25, -0.2) is 0 Å². The zero-order valence-corrected chi connectivity index (χ0v) is 25.8. The molecule has 0 fully saturated rings. The van der Waals surface area contributed by atoms with Crippen LogP contribution in [0.1, 0.15) is 36.0 Å². The molecular weight excluding hydrogens is 602 g/mol. The van der Waals surface area contributed by atoms with Gasteiger partial charge in [-0.3, -0.25) is 19.1 Å². The summed E-state index contributed by atoms with van der Waals surface area (Å²) >= 11 is 0. The minimum absolute atomic E-state index is 0.00945. The Labute approximate surface area is 268 Å². The van der Waals surface area contributed by atoms with Crippen molar-refractivity contribution in [3.05, 3.63) is 150 Å². The zero-order valence-electron chi connectivity index (χ0n) is 25.0. The summed E-state index contributed by atoms with van der Waals surface area (Å²) in [4.78, 5) is 25.2. The molecular formula is C37H35NO7S. The molecule has 0 spiro atoms. The first-order valence-electron chi connectivity index (χ1n) is 15.0. The fourth-order valence-electron chi connectivity index (χ4n) is 5.81. The van der Waals surface area contributed by atoms with Crippen LogP contribution in [0.5, 0.6) is 0 Å². The molecule has 0 unspecified atom stereocenters. The summed E-state index contributed by atoms with van der Waals surface area (Å²) in [6, 6.07) is 39.1. The Balaban J connectivity index is 1.36. The molecule has 5 aromatic carbocycles. The van der Waals surface area contributed by atoms with E-state index in [4.69, 9.17) is 4.18 Å². The van der Waals surface area contributed by atoms with Gasteiger partial charge in [0.15, 0.2) is 0 Å². The lowest BCUT2D eigenvalue weighted by Gasteiger charge is -2.39. The topological polar surface area (TPSA) is 130 Å². The van der Waals surface area contributed by atoms with Crippen molar-refractivity contribution in [2.75, 3.05) is 6.61 Å². The van der Waals surface area contributed by atoms with Crippen molar-refractivity contribution in [1.29, 1.82) is 0 Å². The predicted molar refractivity (Wildman–Crippen MR) is 176 cm³/mol. The average Bonchev–Trinajstić information content (AvgIpc) is 3.08. The number of carboxylic acids is 2. The Morgan fingerprint density at radius 1 is 0.674 bits per heavy atom. The van der Waals surface area contributed by atoms with Crippen molar-refractivity contribution in [3.8, 4) is 0 Å². The number of hydrogen-bond donors (Lipinski definition) is 3. The summed E-state index contributed by atoms with van der Waals surface area (Å²) in [5.41, 5.74) is 1.25. The van der Waals surface area contributed by atoms with Gasteiger partial charge in [-0.05, 0) is 58.9 Å². The Hall–Kier alpha value is -4.83. The van der Waals surface area contributed by atoms with Gasteiger partial charge in [0.25, 0.3) is 10.1 Å². The summed E-state index contributed by atoms with van der Waals surface area (Å²) in [5.74, 6) is -3.45. The number of hydrogen-bond acceptors (Lipinski definition) is 6. The molecule has 0 amide bonds. The number of aliphatic carboxylic acids is 2. The van der Waals surface area contributed by atoms with Gasteiger partial charge in [0, 0.05) is 0 Å². The van der Waals surface area contributed by atoms with E-state index in [0.717, 1.165) is 27.5 Å². The summed E-state index contributed by atoms with van der Waals surface area (Å²) in [6.07, 6.45) is -0.128. The number of carboxylic acid groups (broad SMARTS) is 2. The van der Waals surface area contributed by atoms with Crippen LogP contribution in [0.2, 0.25) is 0 Å². The largest absolute Gasteiger partial charge is 0.481 e. The Kier molecular flexibility index (Phi) is 10.3. The average molecular weight is 638 g/mol. The molecule has 0 radical (unpaired) electrons. The highest BCUT2D eigenvalue weighted by atomic mass is 32.2. The third-order valence-corrected chi connectivity index (χ3v) is 9.43. The number of nitrogens with one attached hydrogen (secondary N) is 1. The van der Waals surface area contributed by atoms with Gasteiger partial charge in [0.1, 0.15) is 6.04 Å². The minimum atomic E-state index is -4.08. The lowest BCUT2D eigenvalue weighted by molar-refractivity contribution is -0.144. The van der Waals surface area contributed by atoms with E-state index in [1.54, 1.807) is 12.1 Å². The van der Waals surface area contributed by atoms with Crippen LogP contribution in [0.25, 0.3) is 10.8 Å². The normalized spacial score (nSPS) is 13.2. The van der Waals surface area contributed by atoms with Crippen molar-refractivity contribution in [3.63, 3.8) is 0 Å². The molecule has 46 heavy (non-hydrogen) atoms. The van der Waals surface area contributed by atoms with Crippen molar-refractivity contribution in [2.24, 2.45) is 5.92 Å². The molecule has 0 aliphatic carbocycles. The summed E-state index contributed by atoms with van der Waals surface area (Å²) in [5, 5.41) is 25.5. The molecule has 0 aliphatic heterocycles. The van der Waals surface area contributed by atoms with Gasteiger partial charge in [-0.2, -0.15) is 8.42 Å². The Morgan fingerprint density at radius 2 is 1.17 bits per heavy atom. The van der Waals surface area contributed by atoms with Crippen LogP contribution in [-0.2, 0) is 29.4 Å². The second kappa shape index (κ2) is 14.5. The van der Waals surface area contributed by atoms with E-state index in [1.807, 2.05) is 109 Å². The van der Waals surface area contributed by atoms with Crippen LogP contribution in [0.15, 0.2) is 138 Å². The van der Waals surface area contributed by atoms with E-state index >= 15 is 0 Å². The molecule has 0 bridgehead atoms. The van der Waals surface area contributed by atoms with E-state index in [-0.39, 0.29) is 30.8 Å². The third kappa shape index (κ3) is 7.34. The Morgan fingerprint density at radius 3 is 1.67 bits per heavy atom.